The predicted octanol–water partition coefficient (Wildman–Crippen LogP) is 4.42. The molecule has 0 saturated carbocycles. The molecule has 0 aliphatic carbocycles. The molecule has 2 nitrogen and oxygen atoms in total. The van der Waals surface area contributed by atoms with E-state index in [1.165, 1.54) is 31.8 Å². The summed E-state index contributed by atoms with van der Waals surface area (Å²) in [7, 11) is 2.75. The first-order valence-corrected chi connectivity index (χ1v) is 7.36. The van der Waals surface area contributed by atoms with Gasteiger partial charge in [0.25, 0.3) is 0 Å². The molecule has 0 amide bonds. The quantitative estimate of drug-likeness (QED) is 0.483. The number of rotatable bonds is 5. The summed E-state index contributed by atoms with van der Waals surface area (Å²) in [5, 5.41) is 0.988. The highest BCUT2D eigenvalue weighted by atomic mass is 31.0. The molecule has 1 atom stereocenters. The van der Waals surface area contributed by atoms with Crippen molar-refractivity contribution in [3.05, 3.63) is 36.0 Å². The molecule has 0 fully saturated rings. The van der Waals surface area contributed by atoms with Crippen LogP contribution in [0, 0.1) is 0 Å². The predicted molar refractivity (Wildman–Crippen MR) is 82.4 cm³/mol. The van der Waals surface area contributed by atoms with Crippen LogP contribution < -0.4 is 0 Å². The number of unbranched alkanes of at least 4 members (excludes halogenated alkanes) is 3. The Bertz CT molecular complexity index is 460. The van der Waals surface area contributed by atoms with Crippen molar-refractivity contribution >= 4 is 26.4 Å². The van der Waals surface area contributed by atoms with Crippen molar-refractivity contribution < 1.29 is 4.79 Å². The van der Waals surface area contributed by atoms with Gasteiger partial charge in [0, 0.05) is 22.7 Å². The number of para-hydroxylation sites is 1. The molecular formula is C15H22NOP. The van der Waals surface area contributed by atoms with Gasteiger partial charge in [-0.25, -0.2) is 0 Å². The van der Waals surface area contributed by atoms with Crippen molar-refractivity contribution in [1.29, 1.82) is 0 Å². The molecule has 98 valence electrons. The van der Waals surface area contributed by atoms with E-state index >= 15 is 0 Å². The zero-order chi connectivity index (χ0) is 13.2. The molecule has 0 radical (unpaired) electrons. The second kappa shape index (κ2) is 8.88. The Hall–Kier alpha value is -1.14. The van der Waals surface area contributed by atoms with Gasteiger partial charge in [-0.3, -0.25) is 4.79 Å². The van der Waals surface area contributed by atoms with Crippen LogP contribution in [0.4, 0.5) is 0 Å². The number of aromatic amines is 1. The molecule has 3 heteroatoms. The van der Waals surface area contributed by atoms with Gasteiger partial charge in [-0.05, 0) is 18.6 Å². The van der Waals surface area contributed by atoms with E-state index in [0.29, 0.717) is 0 Å². The number of H-pyrrole nitrogens is 1. The zero-order valence-electron chi connectivity index (χ0n) is 11.0. The molecule has 1 aromatic carbocycles. The SMILES string of the molecule is CCCCCCP.O=Cc1c[nH]c2ccccc12. The van der Waals surface area contributed by atoms with E-state index in [1.54, 1.807) is 6.20 Å². The molecular weight excluding hydrogens is 241 g/mol. The van der Waals surface area contributed by atoms with E-state index in [4.69, 9.17) is 0 Å². The van der Waals surface area contributed by atoms with Crippen molar-refractivity contribution in [2.75, 3.05) is 6.16 Å². The lowest BCUT2D eigenvalue weighted by atomic mass is 10.2. The maximum absolute atomic E-state index is 10.5. The van der Waals surface area contributed by atoms with Gasteiger partial charge in [-0.2, -0.15) is 0 Å². The fourth-order valence-corrected chi connectivity index (χ4v) is 2.05. The third-order valence-corrected chi connectivity index (χ3v) is 3.21. The van der Waals surface area contributed by atoms with Crippen LogP contribution in [0.25, 0.3) is 10.9 Å². The Morgan fingerprint density at radius 1 is 1.22 bits per heavy atom. The minimum atomic E-state index is 0.723. The topological polar surface area (TPSA) is 32.9 Å². The van der Waals surface area contributed by atoms with E-state index in [0.717, 1.165) is 22.8 Å². The summed E-state index contributed by atoms with van der Waals surface area (Å²) in [5.41, 5.74) is 1.73. The molecule has 0 aliphatic heterocycles. The second-order valence-corrected chi connectivity index (χ2v) is 4.83. The van der Waals surface area contributed by atoms with E-state index < -0.39 is 0 Å². The Kier molecular flexibility index (Phi) is 7.36. The fraction of sp³-hybridized carbons (Fsp3) is 0.400. The highest BCUT2D eigenvalue weighted by Gasteiger charge is 1.98. The number of nitrogens with one attached hydrogen (secondary N) is 1. The number of aldehydes is 1. The number of benzene rings is 1. The normalized spacial score (nSPS) is 9.89. The van der Waals surface area contributed by atoms with Gasteiger partial charge in [0.05, 0.1) is 0 Å². The summed E-state index contributed by atoms with van der Waals surface area (Å²) in [4.78, 5) is 13.5. The minimum absolute atomic E-state index is 0.723. The van der Waals surface area contributed by atoms with Gasteiger partial charge in [-0.15, -0.1) is 9.24 Å². The average molecular weight is 263 g/mol. The van der Waals surface area contributed by atoms with Crippen LogP contribution in [0.3, 0.4) is 0 Å². The molecule has 18 heavy (non-hydrogen) atoms. The number of aromatic nitrogens is 1. The van der Waals surface area contributed by atoms with E-state index in [1.807, 2.05) is 24.3 Å². The molecule has 0 aliphatic rings. The highest BCUT2D eigenvalue weighted by molar-refractivity contribution is 7.16. The van der Waals surface area contributed by atoms with Crippen molar-refractivity contribution in [2.24, 2.45) is 0 Å². The maximum Gasteiger partial charge on any atom is 0.152 e. The van der Waals surface area contributed by atoms with Crippen LogP contribution in [0.15, 0.2) is 30.5 Å². The summed E-state index contributed by atoms with van der Waals surface area (Å²) in [6, 6.07) is 7.73. The van der Waals surface area contributed by atoms with Crippen LogP contribution >= 0.6 is 9.24 Å². The van der Waals surface area contributed by atoms with Crippen molar-refractivity contribution in [1.82, 2.24) is 4.98 Å². The first-order valence-electron chi connectivity index (χ1n) is 6.54. The molecule has 1 aromatic heterocycles. The van der Waals surface area contributed by atoms with Crippen molar-refractivity contribution in [3.63, 3.8) is 0 Å². The zero-order valence-corrected chi connectivity index (χ0v) is 12.1. The number of fused-ring (bicyclic) bond motifs is 1. The highest BCUT2D eigenvalue weighted by Crippen LogP contribution is 2.14. The Balaban J connectivity index is 0.000000203. The standard InChI is InChI=1S/C9H7NO.C6H15P/c11-6-7-5-10-9-4-2-1-3-8(7)9;1-2-3-4-5-6-7/h1-6,10H;2-7H2,1H3. The smallest absolute Gasteiger partial charge is 0.152 e. The van der Waals surface area contributed by atoms with E-state index in [2.05, 4.69) is 21.1 Å². The van der Waals surface area contributed by atoms with Crippen LogP contribution in [0.1, 0.15) is 43.0 Å². The first-order chi connectivity index (χ1) is 8.83. The van der Waals surface area contributed by atoms with E-state index in [-0.39, 0.29) is 0 Å². The fourth-order valence-electron chi connectivity index (χ4n) is 1.76. The number of hydrogen-bond acceptors (Lipinski definition) is 1. The maximum atomic E-state index is 10.5. The van der Waals surface area contributed by atoms with Gasteiger partial charge < -0.3 is 4.98 Å². The van der Waals surface area contributed by atoms with Gasteiger partial charge in [0.15, 0.2) is 6.29 Å². The Morgan fingerprint density at radius 3 is 2.67 bits per heavy atom. The third kappa shape index (κ3) is 4.62. The third-order valence-electron chi connectivity index (χ3n) is 2.81. The van der Waals surface area contributed by atoms with Crippen LogP contribution in [0.5, 0.6) is 0 Å². The summed E-state index contributed by atoms with van der Waals surface area (Å²) < 4.78 is 0. The Labute approximate surface area is 111 Å². The van der Waals surface area contributed by atoms with Gasteiger partial charge in [-0.1, -0.05) is 44.4 Å². The van der Waals surface area contributed by atoms with Crippen molar-refractivity contribution in [3.8, 4) is 0 Å². The largest absolute Gasteiger partial charge is 0.360 e. The molecule has 1 heterocycles. The number of hydrogen-bond donors (Lipinski definition) is 1. The number of carbonyl (C=O) groups excluding carboxylic acids is 1. The molecule has 1 unspecified atom stereocenters. The van der Waals surface area contributed by atoms with Gasteiger partial charge in [0.1, 0.15) is 0 Å². The summed E-state index contributed by atoms with van der Waals surface area (Å²) in [5.74, 6) is 0. The monoisotopic (exact) mass is 263 g/mol. The number of carbonyl (C=O) groups is 1. The van der Waals surface area contributed by atoms with Crippen LogP contribution in [-0.2, 0) is 0 Å². The molecule has 2 aromatic rings. The van der Waals surface area contributed by atoms with Gasteiger partial charge in [0.2, 0.25) is 0 Å². The lowest BCUT2D eigenvalue weighted by Crippen LogP contribution is -1.73. The second-order valence-electron chi connectivity index (χ2n) is 4.26. The molecule has 2 rings (SSSR count). The Morgan fingerprint density at radius 2 is 2.00 bits per heavy atom. The molecule has 0 bridgehead atoms. The summed E-state index contributed by atoms with van der Waals surface area (Å²) in [6.45, 7) is 2.24. The van der Waals surface area contributed by atoms with Crippen molar-refractivity contribution in [2.45, 2.75) is 32.6 Å². The lowest BCUT2D eigenvalue weighted by molar-refractivity contribution is 0.112. The summed E-state index contributed by atoms with van der Waals surface area (Å²) in [6.07, 6.45) is 9.42. The summed E-state index contributed by atoms with van der Waals surface area (Å²) >= 11 is 0. The molecule has 1 N–H and O–H groups in total. The minimum Gasteiger partial charge on any atom is -0.360 e. The molecule has 0 saturated heterocycles. The molecule has 0 spiro atoms. The lowest BCUT2D eigenvalue weighted by Gasteiger charge is -1.90. The van der Waals surface area contributed by atoms with Crippen LogP contribution in [0.2, 0.25) is 0 Å². The first kappa shape index (κ1) is 14.9. The van der Waals surface area contributed by atoms with Gasteiger partial charge >= 0.3 is 0 Å². The van der Waals surface area contributed by atoms with E-state index in [9.17, 15) is 4.79 Å². The average Bonchev–Trinajstić information content (AvgIpc) is 2.83. The van der Waals surface area contributed by atoms with Crippen LogP contribution in [-0.4, -0.2) is 17.4 Å².